The first-order valence-corrected chi connectivity index (χ1v) is 46.3. The molecule has 14 unspecified atom stereocenters. The summed E-state index contributed by atoms with van der Waals surface area (Å²) in [5.74, 6) is -2.19. The molecule has 40 nitrogen and oxygen atoms in total. The average molecular weight is 1820 g/mol. The van der Waals surface area contributed by atoms with Crippen molar-refractivity contribution < 1.29 is 183 Å². The molecule has 3 amide bonds. The van der Waals surface area contributed by atoms with Gasteiger partial charge in [-0.15, -0.1) is 0 Å². The van der Waals surface area contributed by atoms with Gasteiger partial charge in [0.25, 0.3) is 0 Å². The third-order valence-corrected chi connectivity index (χ3v) is 24.8. The molecule has 23 N–H and O–H groups in total. The maximum Gasteiger partial charge on any atom is 0.220 e. The topological polar surface area (TPSA) is 621 Å². The second kappa shape index (κ2) is 58.2. The van der Waals surface area contributed by atoms with Crippen LogP contribution in [-0.2, 0) is 80.7 Å². The van der Waals surface area contributed by atoms with Crippen molar-refractivity contribution in [1.82, 2.24) is 16.0 Å². The van der Waals surface area contributed by atoms with Gasteiger partial charge >= 0.3 is 0 Å². The van der Waals surface area contributed by atoms with E-state index in [-0.39, 0.29) is 12.3 Å². The minimum atomic E-state index is -2.37. The van der Waals surface area contributed by atoms with Crippen molar-refractivity contribution in [3.8, 4) is 0 Å². The van der Waals surface area contributed by atoms with Gasteiger partial charge in [-0.05, 0) is 26.2 Å². The van der Waals surface area contributed by atoms with Gasteiger partial charge < -0.3 is 184 Å². The van der Waals surface area contributed by atoms with Crippen molar-refractivity contribution in [2.45, 2.75) is 467 Å². The smallest absolute Gasteiger partial charge is 0.220 e. The van der Waals surface area contributed by atoms with E-state index >= 15 is 0 Å². The van der Waals surface area contributed by atoms with Gasteiger partial charge in [-0.3, -0.25) is 14.4 Å². The van der Waals surface area contributed by atoms with Gasteiger partial charge in [-0.1, -0.05) is 206 Å². The zero-order valence-electron chi connectivity index (χ0n) is 74.0. The SMILES string of the molecule is CCCCCCCCCCCCC/C=C/[C@@H](O)[C@H](CO[C@@H]1OC(CO)[C@@H](O[C@@H]2OC(CO)[C@H](O)[C@H](O[C@@H]3OC(CO)[C@@H](O)[C@H](O[C@@H]4OC(CO)[C@H](O)[C@H](O[C@@H]5OC(CO)[C@@H](O)[C@H](O[C@@H]6OC(CO)[C@H](O)[C@H](O)C6O[C@H]6OC(C)[C@@H](O)C(O)[C@@H]6O)C5NC(C)=O)C4O)C3NC(C)=O)C2O)[C@H](O)C1O)NC(=O)CCCCCCCCCCCCCCCCCCCCC. The summed E-state index contributed by atoms with van der Waals surface area (Å²) in [6, 6.07) is -4.88. The molecule has 0 spiro atoms. The van der Waals surface area contributed by atoms with E-state index in [2.05, 4.69) is 29.8 Å². The molecule has 0 bridgehead atoms. The number of nitrogens with one attached hydrogen (secondary N) is 3. The summed E-state index contributed by atoms with van der Waals surface area (Å²) in [6.45, 7) is 0.964. The van der Waals surface area contributed by atoms with Gasteiger partial charge in [0, 0.05) is 20.3 Å². The Labute approximate surface area is 739 Å². The van der Waals surface area contributed by atoms with Gasteiger partial charge in [0.05, 0.1) is 64.5 Å². The summed E-state index contributed by atoms with van der Waals surface area (Å²) in [5.41, 5.74) is 0. The van der Waals surface area contributed by atoms with Crippen LogP contribution in [-0.4, -0.2) is 393 Å². The van der Waals surface area contributed by atoms with Crippen molar-refractivity contribution >= 4 is 17.7 Å². The highest BCUT2D eigenvalue weighted by atomic mass is 16.8. The van der Waals surface area contributed by atoms with Crippen molar-refractivity contribution in [1.29, 1.82) is 0 Å². The molecule has 40 heteroatoms. The largest absolute Gasteiger partial charge is 0.394 e. The number of amides is 3. The molecule has 0 aromatic heterocycles. The van der Waals surface area contributed by atoms with Gasteiger partial charge in [-0.25, -0.2) is 0 Å². The second-order valence-corrected chi connectivity index (χ2v) is 34.9. The molecular weight excluding hydrogens is 1670 g/mol. The summed E-state index contributed by atoms with van der Waals surface area (Å²) in [6.07, 6.45) is -26.5. The summed E-state index contributed by atoms with van der Waals surface area (Å²) >= 11 is 0. The highest BCUT2D eigenvalue weighted by Crippen LogP contribution is 2.39. The number of ether oxygens (including phenoxy) is 14. The van der Waals surface area contributed by atoms with E-state index in [1.165, 1.54) is 142 Å². The van der Waals surface area contributed by atoms with Crippen LogP contribution in [0.15, 0.2) is 12.2 Å². The lowest BCUT2D eigenvalue weighted by molar-refractivity contribution is -0.391. The summed E-state index contributed by atoms with van der Waals surface area (Å²) in [5, 5.41) is 233. The molecule has 7 saturated heterocycles. The molecule has 126 heavy (non-hydrogen) atoms. The molecule has 7 heterocycles. The number of aliphatic hydroxyl groups is 20. The van der Waals surface area contributed by atoms with Gasteiger partial charge in [0.1, 0.15) is 165 Å². The number of allylic oxidation sites excluding steroid dienone is 1. The number of carbonyl (C=O) groups is 3. The third-order valence-electron chi connectivity index (χ3n) is 24.8. The average Bonchev–Trinajstić information content (AvgIpc) is 0.763. The quantitative estimate of drug-likeness (QED) is 0.0231. The Morgan fingerprint density at radius 2 is 0.643 bits per heavy atom. The Bertz CT molecular complexity index is 2990. The predicted molar refractivity (Wildman–Crippen MR) is 443 cm³/mol. The Morgan fingerprint density at radius 1 is 0.325 bits per heavy atom. The van der Waals surface area contributed by atoms with E-state index < -0.39 is 285 Å². The Balaban J connectivity index is 1.01. The normalized spacial score (nSPS) is 38.1. The predicted octanol–water partition coefficient (Wildman–Crippen LogP) is -2.01. The lowest BCUT2D eigenvalue weighted by Gasteiger charge is -2.51. The number of unbranched alkanes of at least 4 members (excludes halogenated alkanes) is 29. The minimum absolute atomic E-state index is 0.160. The molecule has 7 aliphatic heterocycles. The van der Waals surface area contributed by atoms with E-state index in [9.17, 15) is 117 Å². The molecule has 7 aliphatic rings. The standard InChI is InChI=1S/C86H155N3O37/c1-6-8-10-12-14-16-18-20-21-22-23-24-25-27-29-31-33-35-37-39-58(99)89-50(51(98)38-36-34-32-30-28-26-19-17-15-13-11-9-7-2)46-113-82-71(110)69(108)74(57(45-95)120-82)121-84-72(111)77(65(104)55(43-93)117-84)124-80-59(87-48(4)96)75(63(102)53(41-91)115-80)122-85-73(112)78(66(105)56(44-94)118-85)125-81-60(88-49(5)97)76(64(103)54(42-92)116-81)123-86-79(68(107)62(101)52(40-90)119-86)126-83-70(109)67(106)61(100)47(3)114-83/h36,38,47,50-57,59-86,90-95,98,100-112H,6-35,37,39-46H2,1-5H3,(H,87,96)(H,88,97)(H,89,99)/b38-36+/t47?,50-,51+,52?,53?,54?,55?,56?,57?,59?,60?,61+,62-,63+,64+,65-,66-,67?,68-,69+,70-,71?,72?,73?,74+,75+,76+,77-,78-,79?,80-,81-,82+,83+,84-,85-,86-/m0/s1. The highest BCUT2D eigenvalue weighted by Gasteiger charge is 2.60. The van der Waals surface area contributed by atoms with Crippen molar-refractivity contribution in [2.75, 3.05) is 46.2 Å². The Hall–Kier alpha value is -3.21. The fourth-order valence-electron chi connectivity index (χ4n) is 17.2. The van der Waals surface area contributed by atoms with E-state index in [4.69, 9.17) is 66.3 Å². The second-order valence-electron chi connectivity index (χ2n) is 34.9. The summed E-state index contributed by atoms with van der Waals surface area (Å²) in [4.78, 5) is 40.1. The van der Waals surface area contributed by atoms with Crippen LogP contribution in [0.4, 0.5) is 0 Å². The minimum Gasteiger partial charge on any atom is -0.394 e. The van der Waals surface area contributed by atoms with Crippen LogP contribution < -0.4 is 16.0 Å². The summed E-state index contributed by atoms with van der Waals surface area (Å²) in [7, 11) is 0. The van der Waals surface area contributed by atoms with Crippen LogP contribution in [0.2, 0.25) is 0 Å². The number of hydrogen-bond acceptors (Lipinski definition) is 37. The third kappa shape index (κ3) is 32.8. The molecule has 736 valence electrons. The van der Waals surface area contributed by atoms with Crippen molar-refractivity contribution in [3.63, 3.8) is 0 Å². The lowest BCUT2D eigenvalue weighted by atomic mass is 9.93. The van der Waals surface area contributed by atoms with Crippen molar-refractivity contribution in [3.05, 3.63) is 12.2 Å². The molecule has 37 atom stereocenters. The van der Waals surface area contributed by atoms with Gasteiger partial charge in [0.15, 0.2) is 44.0 Å². The number of hydrogen-bond donors (Lipinski definition) is 23. The Morgan fingerprint density at radius 3 is 1.06 bits per heavy atom. The van der Waals surface area contributed by atoms with Crippen LogP contribution in [0, 0.1) is 0 Å². The first-order valence-electron chi connectivity index (χ1n) is 46.3. The molecular formula is C86H155N3O37. The zero-order valence-corrected chi connectivity index (χ0v) is 74.0. The van der Waals surface area contributed by atoms with Gasteiger partial charge in [0.2, 0.25) is 17.7 Å². The number of rotatable bonds is 58. The molecule has 0 saturated carbocycles. The maximum absolute atomic E-state index is 13.6. The van der Waals surface area contributed by atoms with E-state index in [0.717, 1.165) is 65.2 Å². The van der Waals surface area contributed by atoms with Crippen LogP contribution >= 0.6 is 0 Å². The number of aliphatic hydroxyl groups excluding tert-OH is 20. The van der Waals surface area contributed by atoms with Gasteiger partial charge in [-0.2, -0.15) is 0 Å². The fraction of sp³-hybridized carbons (Fsp3) is 0.942. The molecule has 7 fully saturated rings. The van der Waals surface area contributed by atoms with Crippen LogP contribution in [0.25, 0.3) is 0 Å². The monoisotopic (exact) mass is 1820 g/mol. The van der Waals surface area contributed by atoms with E-state index in [1.54, 1.807) is 6.08 Å². The molecule has 0 aromatic rings. The zero-order chi connectivity index (χ0) is 92.1. The van der Waals surface area contributed by atoms with Crippen LogP contribution in [0.5, 0.6) is 0 Å². The molecule has 7 rings (SSSR count). The molecule has 0 aromatic carbocycles. The maximum atomic E-state index is 13.6. The first kappa shape index (κ1) is 110. The van der Waals surface area contributed by atoms with Crippen LogP contribution in [0.1, 0.15) is 240 Å². The van der Waals surface area contributed by atoms with Crippen molar-refractivity contribution in [2.24, 2.45) is 0 Å². The Kier molecular flexibility index (Phi) is 50.7. The van der Waals surface area contributed by atoms with E-state index in [1.807, 2.05) is 6.08 Å². The molecule has 0 aliphatic carbocycles. The number of carbonyl (C=O) groups excluding carboxylic acids is 3. The molecule has 0 radical (unpaired) electrons. The highest BCUT2D eigenvalue weighted by molar-refractivity contribution is 5.76. The fourth-order valence-corrected chi connectivity index (χ4v) is 17.2. The summed E-state index contributed by atoms with van der Waals surface area (Å²) < 4.78 is 83.7. The van der Waals surface area contributed by atoms with Crippen LogP contribution in [0.3, 0.4) is 0 Å². The lowest BCUT2D eigenvalue weighted by Crippen LogP contribution is -2.71. The first-order chi connectivity index (χ1) is 60.5. The van der Waals surface area contributed by atoms with E-state index in [0.29, 0.717) is 12.8 Å².